The highest BCUT2D eigenvalue weighted by atomic mass is 15.3. The largest absolute Gasteiger partial charge is 0.296 e. The molecule has 0 amide bonds. The van der Waals surface area contributed by atoms with Crippen LogP contribution in [0.25, 0.3) is 0 Å². The number of hydrogen-bond acceptors (Lipinski definition) is 3. The Morgan fingerprint density at radius 3 is 2.33 bits per heavy atom. The molecule has 0 saturated heterocycles. The SMILES string of the molecule is CCN(CC)C1(C(NN)c2cccc(C)c2C)CCCC1. The third-order valence-electron chi connectivity index (χ3n) is 5.52. The third kappa shape index (κ3) is 2.87. The van der Waals surface area contributed by atoms with Crippen molar-refractivity contribution in [1.29, 1.82) is 0 Å². The number of nitrogens with zero attached hydrogens (tertiary/aromatic N) is 1. The van der Waals surface area contributed by atoms with Gasteiger partial charge in [0.2, 0.25) is 0 Å². The van der Waals surface area contributed by atoms with Crippen molar-refractivity contribution in [3.05, 3.63) is 34.9 Å². The normalized spacial score (nSPS) is 19.1. The molecule has 2 rings (SSSR count). The molecule has 1 fully saturated rings. The van der Waals surface area contributed by atoms with Crippen LogP contribution in [0.1, 0.15) is 62.3 Å². The summed E-state index contributed by atoms with van der Waals surface area (Å²) in [4.78, 5) is 2.62. The lowest BCUT2D eigenvalue weighted by Crippen LogP contribution is -2.56. The Morgan fingerprint density at radius 1 is 1.19 bits per heavy atom. The number of nitrogens with one attached hydrogen (secondary N) is 1. The van der Waals surface area contributed by atoms with E-state index in [1.165, 1.54) is 42.4 Å². The molecule has 0 bridgehead atoms. The first-order valence-corrected chi connectivity index (χ1v) is 8.38. The highest BCUT2D eigenvalue weighted by Crippen LogP contribution is 2.45. The van der Waals surface area contributed by atoms with Crippen LogP contribution in [0.3, 0.4) is 0 Å². The van der Waals surface area contributed by atoms with Gasteiger partial charge in [-0.1, -0.05) is 44.9 Å². The molecule has 3 heteroatoms. The second kappa shape index (κ2) is 6.91. The van der Waals surface area contributed by atoms with Crippen molar-refractivity contribution < 1.29 is 0 Å². The molecule has 1 aliphatic carbocycles. The summed E-state index contributed by atoms with van der Waals surface area (Å²) in [6, 6.07) is 6.80. The Hall–Kier alpha value is -0.900. The molecule has 1 aromatic carbocycles. The van der Waals surface area contributed by atoms with Gasteiger partial charge in [-0.3, -0.25) is 16.2 Å². The van der Waals surface area contributed by atoms with E-state index in [1.807, 2.05) is 0 Å². The van der Waals surface area contributed by atoms with E-state index in [-0.39, 0.29) is 11.6 Å². The number of rotatable bonds is 6. The average molecular weight is 289 g/mol. The molecule has 3 nitrogen and oxygen atoms in total. The number of nitrogens with two attached hydrogens (primary N) is 1. The first-order chi connectivity index (χ1) is 10.1. The molecule has 1 aliphatic rings. The minimum atomic E-state index is 0.163. The van der Waals surface area contributed by atoms with Gasteiger partial charge in [0.05, 0.1) is 6.04 Å². The predicted octanol–water partition coefficient (Wildman–Crippen LogP) is 3.46. The van der Waals surface area contributed by atoms with E-state index >= 15 is 0 Å². The van der Waals surface area contributed by atoms with Gasteiger partial charge in [0.1, 0.15) is 0 Å². The van der Waals surface area contributed by atoms with E-state index in [1.54, 1.807) is 0 Å². The van der Waals surface area contributed by atoms with E-state index in [4.69, 9.17) is 5.84 Å². The van der Waals surface area contributed by atoms with Crippen LogP contribution in [0.4, 0.5) is 0 Å². The van der Waals surface area contributed by atoms with E-state index in [9.17, 15) is 0 Å². The fourth-order valence-electron chi connectivity index (χ4n) is 4.25. The van der Waals surface area contributed by atoms with Crippen molar-refractivity contribution in [2.24, 2.45) is 5.84 Å². The van der Waals surface area contributed by atoms with Crippen molar-refractivity contribution in [3.8, 4) is 0 Å². The molecule has 0 radical (unpaired) electrons. The fraction of sp³-hybridized carbons (Fsp3) is 0.667. The van der Waals surface area contributed by atoms with Crippen LogP contribution in [0, 0.1) is 13.8 Å². The van der Waals surface area contributed by atoms with E-state index in [0.29, 0.717) is 0 Å². The van der Waals surface area contributed by atoms with Gasteiger partial charge in [-0.2, -0.15) is 0 Å². The monoisotopic (exact) mass is 289 g/mol. The zero-order valence-electron chi connectivity index (χ0n) is 14.1. The molecule has 0 aliphatic heterocycles. The van der Waals surface area contributed by atoms with Gasteiger partial charge >= 0.3 is 0 Å². The van der Waals surface area contributed by atoms with Crippen LogP contribution in [0.2, 0.25) is 0 Å². The van der Waals surface area contributed by atoms with Gasteiger partial charge in [0.25, 0.3) is 0 Å². The Morgan fingerprint density at radius 2 is 1.81 bits per heavy atom. The summed E-state index contributed by atoms with van der Waals surface area (Å²) in [5, 5.41) is 0. The number of hydrazine groups is 1. The van der Waals surface area contributed by atoms with Gasteiger partial charge in [0, 0.05) is 5.54 Å². The number of aryl methyl sites for hydroxylation is 1. The standard InChI is InChI=1S/C18H31N3/c1-5-21(6-2)18(12-7-8-13-18)17(20-19)16-11-9-10-14(3)15(16)4/h9-11,17,20H,5-8,12-13,19H2,1-4H3. The van der Waals surface area contributed by atoms with Crippen molar-refractivity contribution in [2.45, 2.75) is 65.0 Å². The summed E-state index contributed by atoms with van der Waals surface area (Å²) in [5.74, 6) is 6.06. The van der Waals surface area contributed by atoms with Crippen molar-refractivity contribution >= 4 is 0 Å². The number of likely N-dealkylation sites (N-methyl/N-ethyl adjacent to an activating group) is 1. The lowest BCUT2D eigenvalue weighted by molar-refractivity contribution is 0.0624. The Bertz CT molecular complexity index is 460. The maximum absolute atomic E-state index is 6.06. The molecule has 0 heterocycles. The van der Waals surface area contributed by atoms with Crippen LogP contribution in [0.15, 0.2) is 18.2 Å². The molecular weight excluding hydrogens is 258 g/mol. The minimum absolute atomic E-state index is 0.163. The summed E-state index contributed by atoms with van der Waals surface area (Å²) in [5.41, 5.74) is 7.43. The highest BCUT2D eigenvalue weighted by molar-refractivity contribution is 5.37. The Balaban J connectivity index is 2.48. The van der Waals surface area contributed by atoms with Gasteiger partial charge in [-0.25, -0.2) is 0 Å². The molecular formula is C18H31N3. The quantitative estimate of drug-likeness (QED) is 0.622. The summed E-state index contributed by atoms with van der Waals surface area (Å²) in [6.45, 7) is 11.1. The summed E-state index contributed by atoms with van der Waals surface area (Å²) >= 11 is 0. The predicted molar refractivity (Wildman–Crippen MR) is 90.1 cm³/mol. The molecule has 1 atom stereocenters. The highest BCUT2D eigenvalue weighted by Gasteiger charge is 2.45. The second-order valence-electron chi connectivity index (χ2n) is 6.37. The Labute approximate surface area is 129 Å². The van der Waals surface area contributed by atoms with Gasteiger partial charge < -0.3 is 0 Å². The maximum Gasteiger partial charge on any atom is 0.0646 e. The van der Waals surface area contributed by atoms with Crippen molar-refractivity contribution in [3.63, 3.8) is 0 Å². The molecule has 1 unspecified atom stereocenters. The smallest absolute Gasteiger partial charge is 0.0646 e. The molecule has 0 spiro atoms. The topological polar surface area (TPSA) is 41.3 Å². The summed E-state index contributed by atoms with van der Waals surface area (Å²) < 4.78 is 0. The lowest BCUT2D eigenvalue weighted by atomic mass is 9.80. The van der Waals surface area contributed by atoms with Crippen LogP contribution >= 0.6 is 0 Å². The molecule has 1 aromatic rings. The summed E-state index contributed by atoms with van der Waals surface area (Å²) in [7, 11) is 0. The van der Waals surface area contributed by atoms with Crippen LogP contribution in [-0.4, -0.2) is 23.5 Å². The maximum atomic E-state index is 6.06. The molecule has 1 saturated carbocycles. The molecule has 0 aromatic heterocycles. The second-order valence-corrected chi connectivity index (χ2v) is 6.37. The first-order valence-electron chi connectivity index (χ1n) is 8.38. The zero-order chi connectivity index (χ0) is 15.5. The van der Waals surface area contributed by atoms with Gasteiger partial charge in [-0.05, 0) is 56.5 Å². The number of benzene rings is 1. The third-order valence-corrected chi connectivity index (χ3v) is 5.52. The zero-order valence-corrected chi connectivity index (χ0v) is 14.1. The molecule has 3 N–H and O–H groups in total. The van der Waals surface area contributed by atoms with Crippen LogP contribution < -0.4 is 11.3 Å². The van der Waals surface area contributed by atoms with Crippen LogP contribution in [0.5, 0.6) is 0 Å². The number of hydrogen-bond donors (Lipinski definition) is 2. The van der Waals surface area contributed by atoms with Crippen molar-refractivity contribution in [2.75, 3.05) is 13.1 Å². The van der Waals surface area contributed by atoms with E-state index in [2.05, 4.69) is 56.2 Å². The molecule has 118 valence electrons. The first kappa shape index (κ1) is 16.5. The minimum Gasteiger partial charge on any atom is -0.296 e. The van der Waals surface area contributed by atoms with Crippen LogP contribution in [-0.2, 0) is 0 Å². The van der Waals surface area contributed by atoms with Crippen molar-refractivity contribution in [1.82, 2.24) is 10.3 Å². The van der Waals surface area contributed by atoms with E-state index in [0.717, 1.165) is 13.1 Å². The van der Waals surface area contributed by atoms with E-state index < -0.39 is 0 Å². The lowest BCUT2D eigenvalue weighted by Gasteiger charge is -2.46. The average Bonchev–Trinajstić information content (AvgIpc) is 2.96. The summed E-state index contributed by atoms with van der Waals surface area (Å²) in [6.07, 6.45) is 5.08. The van der Waals surface area contributed by atoms with Gasteiger partial charge in [0.15, 0.2) is 0 Å². The fourth-order valence-corrected chi connectivity index (χ4v) is 4.25. The van der Waals surface area contributed by atoms with Gasteiger partial charge in [-0.15, -0.1) is 0 Å². The molecule has 21 heavy (non-hydrogen) atoms. The Kier molecular flexibility index (Phi) is 5.42.